The Morgan fingerprint density at radius 2 is 2.10 bits per heavy atom. The summed E-state index contributed by atoms with van der Waals surface area (Å²) in [5.74, 6) is 0.921. The lowest BCUT2D eigenvalue weighted by Crippen LogP contribution is -2.05. The average Bonchev–Trinajstić information content (AvgIpc) is 2.46. The Labute approximate surface area is 119 Å². The first-order chi connectivity index (χ1) is 9.61. The molecular weight excluding hydrogens is 284 g/mol. The van der Waals surface area contributed by atoms with E-state index in [1.165, 1.54) is 0 Å². The third kappa shape index (κ3) is 3.12. The molecule has 0 aliphatic rings. The Morgan fingerprint density at radius 3 is 2.70 bits per heavy atom. The number of ether oxygens (including phenoxy) is 1. The number of nitrogens with zero attached hydrogens (tertiary/aromatic N) is 3. The predicted octanol–water partition coefficient (Wildman–Crippen LogP) is 2.66. The molecule has 0 aliphatic heterocycles. The molecular formula is C12H11ClN4O3. The van der Waals surface area contributed by atoms with Gasteiger partial charge in [-0.15, -0.1) is 0 Å². The Bertz CT molecular complexity index is 619. The van der Waals surface area contributed by atoms with Crippen LogP contribution < -0.4 is 10.1 Å². The molecule has 2 aromatic rings. The summed E-state index contributed by atoms with van der Waals surface area (Å²) in [6.07, 6.45) is 2.28. The summed E-state index contributed by atoms with van der Waals surface area (Å²) in [7, 11) is 1.55. The van der Waals surface area contributed by atoms with E-state index in [1.807, 2.05) is 0 Å². The number of benzene rings is 1. The van der Waals surface area contributed by atoms with E-state index in [0.717, 1.165) is 18.0 Å². The second kappa shape index (κ2) is 6.16. The molecule has 1 heterocycles. The Kier molecular flexibility index (Phi) is 4.31. The van der Waals surface area contributed by atoms with Crippen LogP contribution in [0.4, 0.5) is 11.6 Å². The average molecular weight is 295 g/mol. The SMILES string of the molecule is COc1cccc(Cl)c1CNc1ncc([N+](=O)[O-])cn1. The second-order valence-corrected chi connectivity index (χ2v) is 4.20. The van der Waals surface area contributed by atoms with Crippen molar-refractivity contribution in [3.63, 3.8) is 0 Å². The third-order valence-electron chi connectivity index (χ3n) is 2.57. The molecule has 20 heavy (non-hydrogen) atoms. The van der Waals surface area contributed by atoms with Gasteiger partial charge in [-0.1, -0.05) is 17.7 Å². The van der Waals surface area contributed by atoms with Crippen LogP contribution in [0.5, 0.6) is 5.75 Å². The van der Waals surface area contributed by atoms with Gasteiger partial charge in [-0.05, 0) is 12.1 Å². The maximum atomic E-state index is 10.5. The van der Waals surface area contributed by atoms with E-state index < -0.39 is 4.92 Å². The van der Waals surface area contributed by atoms with Gasteiger partial charge >= 0.3 is 5.69 Å². The van der Waals surface area contributed by atoms with E-state index in [2.05, 4.69) is 15.3 Å². The Hall–Kier alpha value is -2.41. The van der Waals surface area contributed by atoms with Crippen molar-refractivity contribution >= 4 is 23.2 Å². The van der Waals surface area contributed by atoms with Crippen LogP contribution >= 0.6 is 11.6 Å². The van der Waals surface area contributed by atoms with Crippen LogP contribution in [0.15, 0.2) is 30.6 Å². The zero-order chi connectivity index (χ0) is 14.5. The molecule has 0 radical (unpaired) electrons. The molecule has 2 rings (SSSR count). The monoisotopic (exact) mass is 294 g/mol. The second-order valence-electron chi connectivity index (χ2n) is 3.80. The van der Waals surface area contributed by atoms with E-state index in [0.29, 0.717) is 17.3 Å². The number of hydrogen-bond donors (Lipinski definition) is 1. The third-order valence-corrected chi connectivity index (χ3v) is 2.92. The summed E-state index contributed by atoms with van der Waals surface area (Å²) in [4.78, 5) is 17.6. The van der Waals surface area contributed by atoms with Gasteiger partial charge in [0.15, 0.2) is 0 Å². The van der Waals surface area contributed by atoms with Crippen LogP contribution in [0.25, 0.3) is 0 Å². The quantitative estimate of drug-likeness (QED) is 0.673. The maximum absolute atomic E-state index is 10.5. The molecule has 1 aromatic heterocycles. The van der Waals surface area contributed by atoms with Crippen LogP contribution in [0, 0.1) is 10.1 Å². The number of nitro groups is 1. The zero-order valence-electron chi connectivity index (χ0n) is 10.5. The maximum Gasteiger partial charge on any atom is 0.305 e. The molecule has 1 N–H and O–H groups in total. The molecule has 0 unspecified atom stereocenters. The van der Waals surface area contributed by atoms with Gasteiger partial charge < -0.3 is 10.1 Å². The van der Waals surface area contributed by atoms with Crippen LogP contribution in [-0.2, 0) is 6.54 Å². The first-order valence-electron chi connectivity index (χ1n) is 5.63. The highest BCUT2D eigenvalue weighted by Gasteiger charge is 2.09. The summed E-state index contributed by atoms with van der Waals surface area (Å²) < 4.78 is 5.21. The smallest absolute Gasteiger partial charge is 0.305 e. The first-order valence-corrected chi connectivity index (χ1v) is 6.01. The van der Waals surface area contributed by atoms with Crippen molar-refractivity contribution in [2.45, 2.75) is 6.54 Å². The Balaban J connectivity index is 2.11. The highest BCUT2D eigenvalue weighted by Crippen LogP contribution is 2.26. The summed E-state index contributed by atoms with van der Waals surface area (Å²) >= 11 is 6.09. The van der Waals surface area contributed by atoms with Gasteiger partial charge in [0.1, 0.15) is 18.1 Å². The molecule has 8 heteroatoms. The standard InChI is InChI=1S/C12H11ClN4O3/c1-20-11-4-2-3-10(13)9(11)7-16-12-14-5-8(6-15-12)17(18)19/h2-6H,7H2,1H3,(H,14,15,16). The van der Waals surface area contributed by atoms with Crippen molar-refractivity contribution in [3.05, 3.63) is 51.3 Å². The fourth-order valence-electron chi connectivity index (χ4n) is 1.58. The topological polar surface area (TPSA) is 90.2 Å². The molecule has 0 fully saturated rings. The predicted molar refractivity (Wildman–Crippen MR) is 74.0 cm³/mol. The normalized spacial score (nSPS) is 10.1. The molecule has 0 atom stereocenters. The lowest BCUT2D eigenvalue weighted by molar-refractivity contribution is -0.385. The molecule has 0 saturated carbocycles. The number of halogens is 1. The lowest BCUT2D eigenvalue weighted by Gasteiger charge is -2.11. The fourth-order valence-corrected chi connectivity index (χ4v) is 1.81. The largest absolute Gasteiger partial charge is 0.496 e. The minimum atomic E-state index is -0.555. The van der Waals surface area contributed by atoms with Crippen LogP contribution in [-0.4, -0.2) is 22.0 Å². The molecule has 0 amide bonds. The van der Waals surface area contributed by atoms with Crippen LogP contribution in [0.2, 0.25) is 5.02 Å². The minimum absolute atomic E-state index is 0.161. The summed E-state index contributed by atoms with van der Waals surface area (Å²) in [6.45, 7) is 0.348. The molecule has 104 valence electrons. The number of aromatic nitrogens is 2. The van der Waals surface area contributed by atoms with E-state index in [9.17, 15) is 10.1 Å². The molecule has 7 nitrogen and oxygen atoms in total. The fraction of sp³-hybridized carbons (Fsp3) is 0.167. The van der Waals surface area contributed by atoms with Crippen molar-refractivity contribution in [1.29, 1.82) is 0 Å². The molecule has 1 aromatic carbocycles. The number of hydrogen-bond acceptors (Lipinski definition) is 6. The number of methoxy groups -OCH3 is 1. The van der Waals surface area contributed by atoms with Crippen molar-refractivity contribution in [3.8, 4) is 5.75 Å². The van der Waals surface area contributed by atoms with E-state index in [1.54, 1.807) is 25.3 Å². The summed E-state index contributed by atoms with van der Waals surface area (Å²) in [6, 6.07) is 5.32. The highest BCUT2D eigenvalue weighted by atomic mass is 35.5. The highest BCUT2D eigenvalue weighted by molar-refractivity contribution is 6.31. The summed E-state index contributed by atoms with van der Waals surface area (Å²) in [5.41, 5.74) is 0.601. The van der Waals surface area contributed by atoms with E-state index in [4.69, 9.17) is 16.3 Å². The molecule has 0 saturated heterocycles. The van der Waals surface area contributed by atoms with Gasteiger partial charge in [0, 0.05) is 17.1 Å². The molecule has 0 bridgehead atoms. The van der Waals surface area contributed by atoms with Gasteiger partial charge in [0.05, 0.1) is 12.0 Å². The first kappa shape index (κ1) is 14.0. The van der Waals surface area contributed by atoms with Crippen molar-refractivity contribution < 1.29 is 9.66 Å². The van der Waals surface area contributed by atoms with Crippen molar-refractivity contribution in [2.75, 3.05) is 12.4 Å². The lowest BCUT2D eigenvalue weighted by atomic mass is 10.2. The molecule has 0 aliphatic carbocycles. The molecule has 0 spiro atoms. The van der Waals surface area contributed by atoms with E-state index >= 15 is 0 Å². The van der Waals surface area contributed by atoms with Gasteiger partial charge in [0.25, 0.3) is 0 Å². The van der Waals surface area contributed by atoms with Gasteiger partial charge in [0.2, 0.25) is 5.95 Å². The van der Waals surface area contributed by atoms with Crippen molar-refractivity contribution in [1.82, 2.24) is 9.97 Å². The zero-order valence-corrected chi connectivity index (χ0v) is 11.3. The van der Waals surface area contributed by atoms with Crippen LogP contribution in [0.1, 0.15) is 5.56 Å². The number of nitrogens with one attached hydrogen (secondary N) is 1. The van der Waals surface area contributed by atoms with Crippen LogP contribution in [0.3, 0.4) is 0 Å². The Morgan fingerprint density at radius 1 is 1.40 bits per heavy atom. The van der Waals surface area contributed by atoms with Crippen molar-refractivity contribution in [2.24, 2.45) is 0 Å². The number of anilines is 1. The van der Waals surface area contributed by atoms with Gasteiger partial charge in [-0.25, -0.2) is 9.97 Å². The number of rotatable bonds is 5. The van der Waals surface area contributed by atoms with E-state index in [-0.39, 0.29) is 11.6 Å². The summed E-state index contributed by atoms with van der Waals surface area (Å²) in [5, 5.41) is 14.0. The van der Waals surface area contributed by atoms with Gasteiger partial charge in [-0.3, -0.25) is 10.1 Å². The minimum Gasteiger partial charge on any atom is -0.496 e. The van der Waals surface area contributed by atoms with Gasteiger partial charge in [-0.2, -0.15) is 0 Å².